The predicted octanol–water partition coefficient (Wildman–Crippen LogP) is 1.29. The SMILES string of the molecule is CCNC1COCC1CN(C)C(C)CSC. The maximum absolute atomic E-state index is 5.57. The average molecular weight is 246 g/mol. The van der Waals surface area contributed by atoms with E-state index in [1.807, 2.05) is 11.8 Å². The molecule has 1 fully saturated rings. The van der Waals surface area contributed by atoms with Crippen LogP contribution in [0, 0.1) is 5.92 Å². The fourth-order valence-electron chi connectivity index (χ4n) is 2.18. The van der Waals surface area contributed by atoms with E-state index < -0.39 is 0 Å². The van der Waals surface area contributed by atoms with Gasteiger partial charge in [-0.15, -0.1) is 0 Å². The molecule has 0 bridgehead atoms. The first-order valence-corrected chi connectivity index (χ1v) is 7.58. The number of nitrogens with one attached hydrogen (secondary N) is 1. The van der Waals surface area contributed by atoms with Gasteiger partial charge in [0, 0.05) is 30.3 Å². The molecule has 3 unspecified atom stereocenters. The Hall–Kier alpha value is 0.230. The summed E-state index contributed by atoms with van der Waals surface area (Å²) < 4.78 is 5.57. The van der Waals surface area contributed by atoms with Gasteiger partial charge in [0.2, 0.25) is 0 Å². The molecule has 0 radical (unpaired) electrons. The Morgan fingerprint density at radius 1 is 1.50 bits per heavy atom. The van der Waals surface area contributed by atoms with Crippen LogP contribution in [0.3, 0.4) is 0 Å². The van der Waals surface area contributed by atoms with Gasteiger partial charge in [-0.05, 0) is 26.8 Å². The zero-order valence-corrected chi connectivity index (χ0v) is 11.8. The van der Waals surface area contributed by atoms with Crippen LogP contribution in [0.1, 0.15) is 13.8 Å². The highest BCUT2D eigenvalue weighted by molar-refractivity contribution is 7.98. The lowest BCUT2D eigenvalue weighted by atomic mass is 10.0. The van der Waals surface area contributed by atoms with E-state index in [0.717, 1.165) is 26.3 Å². The van der Waals surface area contributed by atoms with E-state index in [-0.39, 0.29) is 0 Å². The molecule has 0 amide bonds. The van der Waals surface area contributed by atoms with E-state index in [0.29, 0.717) is 18.0 Å². The summed E-state index contributed by atoms with van der Waals surface area (Å²) in [6, 6.07) is 1.20. The van der Waals surface area contributed by atoms with Gasteiger partial charge in [0.15, 0.2) is 0 Å². The summed E-state index contributed by atoms with van der Waals surface area (Å²) in [5.74, 6) is 1.85. The first kappa shape index (κ1) is 14.3. The molecule has 16 heavy (non-hydrogen) atoms. The van der Waals surface area contributed by atoms with Crippen LogP contribution >= 0.6 is 11.8 Å². The van der Waals surface area contributed by atoms with Crippen LogP contribution in [-0.4, -0.2) is 62.3 Å². The number of likely N-dealkylation sites (N-methyl/N-ethyl adjacent to an activating group) is 1. The molecule has 0 aromatic rings. The highest BCUT2D eigenvalue weighted by atomic mass is 32.2. The minimum atomic E-state index is 0.550. The van der Waals surface area contributed by atoms with Crippen molar-refractivity contribution in [3.05, 3.63) is 0 Å². The van der Waals surface area contributed by atoms with Gasteiger partial charge < -0.3 is 15.0 Å². The molecule has 0 saturated carbocycles. The van der Waals surface area contributed by atoms with Gasteiger partial charge in [-0.1, -0.05) is 6.92 Å². The Kier molecular flexibility index (Phi) is 6.73. The van der Waals surface area contributed by atoms with Gasteiger partial charge in [0.25, 0.3) is 0 Å². The fraction of sp³-hybridized carbons (Fsp3) is 1.00. The highest BCUT2D eigenvalue weighted by Crippen LogP contribution is 2.16. The molecule has 0 aromatic heterocycles. The van der Waals surface area contributed by atoms with Crippen LogP contribution in [0.25, 0.3) is 0 Å². The third-order valence-electron chi connectivity index (χ3n) is 3.35. The third kappa shape index (κ3) is 4.24. The van der Waals surface area contributed by atoms with Crippen LogP contribution < -0.4 is 5.32 Å². The van der Waals surface area contributed by atoms with Crippen molar-refractivity contribution >= 4 is 11.8 Å². The molecule has 1 heterocycles. The highest BCUT2D eigenvalue weighted by Gasteiger charge is 2.29. The number of ether oxygens (including phenoxy) is 1. The molecular formula is C12H26N2OS. The predicted molar refractivity (Wildman–Crippen MR) is 72.2 cm³/mol. The summed E-state index contributed by atoms with van der Waals surface area (Å²) in [6.07, 6.45) is 2.17. The Balaban J connectivity index is 2.34. The van der Waals surface area contributed by atoms with E-state index >= 15 is 0 Å². The molecule has 0 aliphatic carbocycles. The van der Waals surface area contributed by atoms with E-state index in [9.17, 15) is 0 Å². The molecule has 1 rings (SSSR count). The van der Waals surface area contributed by atoms with E-state index in [1.165, 1.54) is 5.75 Å². The number of rotatable bonds is 7. The molecule has 1 saturated heterocycles. The number of thioether (sulfide) groups is 1. The van der Waals surface area contributed by atoms with Gasteiger partial charge in [0.05, 0.1) is 13.2 Å². The van der Waals surface area contributed by atoms with E-state index in [1.54, 1.807) is 0 Å². The van der Waals surface area contributed by atoms with Gasteiger partial charge in [-0.2, -0.15) is 11.8 Å². The van der Waals surface area contributed by atoms with Crippen molar-refractivity contribution in [2.24, 2.45) is 5.92 Å². The second-order valence-corrected chi connectivity index (χ2v) is 5.62. The van der Waals surface area contributed by atoms with Crippen molar-refractivity contribution in [3.8, 4) is 0 Å². The summed E-state index contributed by atoms with van der Waals surface area (Å²) in [5, 5.41) is 3.51. The minimum Gasteiger partial charge on any atom is -0.379 e. The average Bonchev–Trinajstić information content (AvgIpc) is 2.67. The van der Waals surface area contributed by atoms with Crippen LogP contribution in [-0.2, 0) is 4.74 Å². The molecule has 1 aliphatic heterocycles. The molecule has 3 atom stereocenters. The summed E-state index contributed by atoms with van der Waals surface area (Å²) in [6.45, 7) is 8.43. The second kappa shape index (κ2) is 7.54. The first-order valence-electron chi connectivity index (χ1n) is 6.19. The maximum atomic E-state index is 5.57. The van der Waals surface area contributed by atoms with E-state index in [4.69, 9.17) is 4.74 Å². The zero-order chi connectivity index (χ0) is 12.0. The maximum Gasteiger partial charge on any atom is 0.0623 e. The Morgan fingerprint density at radius 2 is 2.25 bits per heavy atom. The number of hydrogen-bond donors (Lipinski definition) is 1. The van der Waals surface area contributed by atoms with Crippen LogP contribution in [0.2, 0.25) is 0 Å². The minimum absolute atomic E-state index is 0.550. The van der Waals surface area contributed by atoms with E-state index in [2.05, 4.69) is 37.4 Å². The molecule has 0 spiro atoms. The van der Waals surface area contributed by atoms with Crippen molar-refractivity contribution in [1.82, 2.24) is 10.2 Å². The van der Waals surface area contributed by atoms with Gasteiger partial charge in [-0.25, -0.2) is 0 Å². The Morgan fingerprint density at radius 3 is 2.88 bits per heavy atom. The molecular weight excluding hydrogens is 220 g/mol. The normalized spacial score (nSPS) is 27.6. The molecule has 0 aromatic carbocycles. The van der Waals surface area contributed by atoms with Crippen LogP contribution in [0.4, 0.5) is 0 Å². The quantitative estimate of drug-likeness (QED) is 0.732. The topological polar surface area (TPSA) is 24.5 Å². The second-order valence-electron chi connectivity index (χ2n) is 4.71. The molecule has 1 aliphatic rings. The Labute approximate surface area is 104 Å². The van der Waals surface area contributed by atoms with Crippen molar-refractivity contribution in [2.75, 3.05) is 45.4 Å². The lowest BCUT2D eigenvalue weighted by Gasteiger charge is -2.29. The van der Waals surface area contributed by atoms with Crippen LogP contribution in [0.15, 0.2) is 0 Å². The summed E-state index contributed by atoms with van der Waals surface area (Å²) >= 11 is 1.92. The van der Waals surface area contributed by atoms with Gasteiger partial charge >= 0.3 is 0 Å². The van der Waals surface area contributed by atoms with Crippen LogP contribution in [0.5, 0.6) is 0 Å². The number of nitrogens with zero attached hydrogens (tertiary/aromatic N) is 1. The van der Waals surface area contributed by atoms with Crippen molar-refractivity contribution < 1.29 is 4.74 Å². The van der Waals surface area contributed by atoms with Gasteiger partial charge in [0.1, 0.15) is 0 Å². The monoisotopic (exact) mass is 246 g/mol. The first-order chi connectivity index (χ1) is 7.69. The molecule has 96 valence electrons. The summed E-state index contributed by atoms with van der Waals surface area (Å²) in [4.78, 5) is 2.46. The smallest absolute Gasteiger partial charge is 0.0623 e. The van der Waals surface area contributed by atoms with Crippen molar-refractivity contribution in [2.45, 2.75) is 25.9 Å². The Bertz CT molecular complexity index is 192. The summed E-state index contributed by atoms with van der Waals surface area (Å²) in [5.41, 5.74) is 0. The molecule has 4 heteroatoms. The van der Waals surface area contributed by atoms with Crippen molar-refractivity contribution in [1.29, 1.82) is 0 Å². The zero-order valence-electron chi connectivity index (χ0n) is 11.0. The van der Waals surface area contributed by atoms with Gasteiger partial charge in [-0.3, -0.25) is 0 Å². The largest absolute Gasteiger partial charge is 0.379 e. The molecule has 1 N–H and O–H groups in total. The van der Waals surface area contributed by atoms with Crippen molar-refractivity contribution in [3.63, 3.8) is 0 Å². The fourth-order valence-corrected chi connectivity index (χ4v) is 2.92. The third-order valence-corrected chi connectivity index (χ3v) is 4.16. The lowest BCUT2D eigenvalue weighted by Crippen LogP contribution is -2.43. The number of hydrogen-bond acceptors (Lipinski definition) is 4. The summed E-state index contributed by atoms with van der Waals surface area (Å²) in [7, 11) is 2.22. The lowest BCUT2D eigenvalue weighted by molar-refractivity contribution is 0.167. The molecule has 3 nitrogen and oxygen atoms in total. The standard InChI is InChI=1S/C12H26N2OS/c1-5-13-12-8-15-7-11(12)6-14(3)10(2)9-16-4/h10-13H,5-9H2,1-4H3.